The number of aryl methyl sites for hydroxylation is 1. The van der Waals surface area contributed by atoms with Crippen LogP contribution >= 0.6 is 0 Å². The molecule has 0 bridgehead atoms. The van der Waals surface area contributed by atoms with Crippen molar-refractivity contribution in [2.45, 2.75) is 25.3 Å². The van der Waals surface area contributed by atoms with Gasteiger partial charge in [0.25, 0.3) is 12.3 Å². The van der Waals surface area contributed by atoms with Crippen LogP contribution in [0.2, 0.25) is 0 Å². The highest BCUT2D eigenvalue weighted by molar-refractivity contribution is 6.09. The minimum Gasteiger partial charge on any atom is -0.381 e. The highest BCUT2D eigenvalue weighted by Crippen LogP contribution is 2.35. The second-order valence-corrected chi connectivity index (χ2v) is 8.72. The van der Waals surface area contributed by atoms with Crippen molar-refractivity contribution in [3.63, 3.8) is 0 Å². The third-order valence-electron chi connectivity index (χ3n) is 6.35. The van der Waals surface area contributed by atoms with E-state index in [0.717, 1.165) is 53.9 Å². The number of hydrogen-bond acceptors (Lipinski definition) is 4. The minimum atomic E-state index is -2.47. The van der Waals surface area contributed by atoms with E-state index >= 15 is 0 Å². The van der Waals surface area contributed by atoms with Gasteiger partial charge in [0.2, 0.25) is 0 Å². The van der Waals surface area contributed by atoms with Gasteiger partial charge in [0, 0.05) is 66.0 Å². The van der Waals surface area contributed by atoms with Crippen molar-refractivity contribution in [3.05, 3.63) is 66.0 Å². The number of piperidine rings is 1. The molecule has 0 aliphatic carbocycles. The van der Waals surface area contributed by atoms with E-state index in [2.05, 4.69) is 20.3 Å². The van der Waals surface area contributed by atoms with Crippen molar-refractivity contribution in [1.29, 1.82) is 0 Å². The molecule has 1 unspecified atom stereocenters. The number of anilines is 2. The van der Waals surface area contributed by atoms with Gasteiger partial charge in [-0.15, -0.1) is 0 Å². The van der Waals surface area contributed by atoms with Gasteiger partial charge in [-0.05, 0) is 43.2 Å². The smallest absolute Gasteiger partial charge is 0.263 e. The lowest BCUT2D eigenvalue weighted by Crippen LogP contribution is -2.42. The van der Waals surface area contributed by atoms with Gasteiger partial charge in [0.05, 0.1) is 17.3 Å². The number of rotatable bonds is 6. The van der Waals surface area contributed by atoms with Gasteiger partial charge in [0.15, 0.2) is 0 Å². The number of carbonyl (C=O) groups excluding carboxylic acids is 1. The quantitative estimate of drug-likeness (QED) is 0.386. The van der Waals surface area contributed by atoms with Gasteiger partial charge in [-0.3, -0.25) is 9.48 Å². The van der Waals surface area contributed by atoms with Crippen molar-refractivity contribution in [3.8, 4) is 11.3 Å². The van der Waals surface area contributed by atoms with Crippen LogP contribution in [-0.2, 0) is 7.05 Å². The number of primary amides is 1. The van der Waals surface area contributed by atoms with Gasteiger partial charge in [-0.25, -0.2) is 8.78 Å². The lowest BCUT2D eigenvalue weighted by atomic mass is 10.0. The van der Waals surface area contributed by atoms with Crippen molar-refractivity contribution in [2.24, 2.45) is 12.8 Å². The largest absolute Gasteiger partial charge is 0.381 e. The van der Waals surface area contributed by atoms with Gasteiger partial charge < -0.3 is 20.9 Å². The zero-order valence-corrected chi connectivity index (χ0v) is 18.8. The van der Waals surface area contributed by atoms with E-state index in [0.29, 0.717) is 11.1 Å². The number of benzene rings is 2. The molecule has 1 aliphatic rings. The van der Waals surface area contributed by atoms with Crippen LogP contribution in [0.1, 0.15) is 35.2 Å². The molecule has 1 fully saturated rings. The van der Waals surface area contributed by atoms with Crippen molar-refractivity contribution in [1.82, 2.24) is 14.8 Å². The molecule has 0 spiro atoms. The number of aromatic nitrogens is 3. The summed E-state index contributed by atoms with van der Waals surface area (Å²) >= 11 is 0. The molecule has 34 heavy (non-hydrogen) atoms. The van der Waals surface area contributed by atoms with Crippen LogP contribution in [0.3, 0.4) is 0 Å². The first-order valence-corrected chi connectivity index (χ1v) is 11.2. The first-order valence-electron chi connectivity index (χ1n) is 11.2. The van der Waals surface area contributed by atoms with Gasteiger partial charge in [-0.2, -0.15) is 5.10 Å². The molecule has 1 atom stereocenters. The zero-order chi connectivity index (χ0) is 23.8. The Hall–Kier alpha value is -3.88. The molecular formula is C25H26F2N6O. The van der Waals surface area contributed by atoms with Crippen molar-refractivity contribution in [2.75, 3.05) is 23.3 Å². The maximum absolute atomic E-state index is 12.9. The third-order valence-corrected chi connectivity index (χ3v) is 6.35. The number of hydrogen-bond donors (Lipinski definition) is 3. The summed E-state index contributed by atoms with van der Waals surface area (Å²) in [5.41, 5.74) is 10.5. The molecule has 5 rings (SSSR count). The fourth-order valence-electron chi connectivity index (χ4n) is 4.68. The summed E-state index contributed by atoms with van der Waals surface area (Å²) in [7, 11) is 1.86. The number of nitrogens with zero attached hydrogens (tertiary/aromatic N) is 3. The lowest BCUT2D eigenvalue weighted by Gasteiger charge is -2.35. The molecule has 0 saturated carbocycles. The highest BCUT2D eigenvalue weighted by Gasteiger charge is 2.24. The predicted molar refractivity (Wildman–Crippen MR) is 129 cm³/mol. The normalized spacial score (nSPS) is 16.4. The monoisotopic (exact) mass is 464 g/mol. The van der Waals surface area contributed by atoms with Crippen LogP contribution < -0.4 is 16.0 Å². The molecule has 2 aromatic carbocycles. The van der Waals surface area contributed by atoms with Crippen LogP contribution in [0.15, 0.2) is 54.9 Å². The fraction of sp³-hybridized carbons (Fsp3) is 0.280. The standard InChI is InChI=1S/C25H26F2N6O/c1-32-13-16(12-29-32)21-11-20-22(9-8-19(25(28)34)23(20)31-21)33-10-2-3-18(14-33)30-17-6-4-15(5-7-17)24(26)27/h4-9,11-13,18,24,30-31H,2-3,10,14H2,1H3,(H2,28,34). The summed E-state index contributed by atoms with van der Waals surface area (Å²) in [5, 5.41) is 8.65. The average Bonchev–Trinajstić information content (AvgIpc) is 3.45. The summed E-state index contributed by atoms with van der Waals surface area (Å²) in [5.74, 6) is -0.485. The van der Waals surface area contributed by atoms with Gasteiger partial charge >= 0.3 is 0 Å². The Bertz CT molecular complexity index is 1330. The van der Waals surface area contributed by atoms with E-state index in [1.807, 2.05) is 25.4 Å². The second kappa shape index (κ2) is 8.81. The first-order chi connectivity index (χ1) is 16.4. The SMILES string of the molecule is Cn1cc(-c2cc3c(N4CCCC(Nc5ccc(C(F)F)cc5)C4)ccc(C(N)=O)c3[nH]2)cn1. The summed E-state index contributed by atoms with van der Waals surface area (Å²) in [6.45, 7) is 1.62. The van der Waals surface area contributed by atoms with E-state index < -0.39 is 12.3 Å². The van der Waals surface area contributed by atoms with E-state index in [1.54, 1.807) is 29.1 Å². The van der Waals surface area contributed by atoms with Crippen LogP contribution in [0, 0.1) is 0 Å². The molecule has 176 valence electrons. The van der Waals surface area contributed by atoms with Crippen molar-refractivity contribution >= 4 is 28.2 Å². The van der Waals surface area contributed by atoms with Crippen LogP contribution in [-0.4, -0.2) is 39.8 Å². The molecule has 2 aromatic heterocycles. The topological polar surface area (TPSA) is 92.0 Å². The second-order valence-electron chi connectivity index (χ2n) is 8.72. The molecule has 1 amide bonds. The van der Waals surface area contributed by atoms with E-state index in [9.17, 15) is 13.6 Å². The number of amides is 1. The van der Waals surface area contributed by atoms with E-state index in [1.165, 1.54) is 12.1 Å². The molecule has 1 saturated heterocycles. The summed E-state index contributed by atoms with van der Waals surface area (Å²) in [4.78, 5) is 17.7. The lowest BCUT2D eigenvalue weighted by molar-refractivity contribution is 0.100. The Labute approximate surface area is 195 Å². The minimum absolute atomic E-state index is 0.0182. The number of alkyl halides is 2. The van der Waals surface area contributed by atoms with Gasteiger partial charge in [0.1, 0.15) is 0 Å². The first kappa shape index (κ1) is 21.9. The molecule has 4 aromatic rings. The third kappa shape index (κ3) is 4.21. The Morgan fingerprint density at radius 1 is 1.24 bits per heavy atom. The fourth-order valence-corrected chi connectivity index (χ4v) is 4.68. The Balaban J connectivity index is 1.44. The molecule has 1 aliphatic heterocycles. The summed E-state index contributed by atoms with van der Waals surface area (Å²) in [6.07, 6.45) is 3.17. The van der Waals surface area contributed by atoms with Crippen LogP contribution in [0.4, 0.5) is 20.2 Å². The number of halogens is 2. The molecule has 4 N–H and O–H groups in total. The van der Waals surface area contributed by atoms with E-state index in [-0.39, 0.29) is 11.6 Å². The summed E-state index contributed by atoms with van der Waals surface area (Å²) in [6, 6.07) is 12.2. The molecule has 0 radical (unpaired) electrons. The Morgan fingerprint density at radius 2 is 2.03 bits per heavy atom. The predicted octanol–water partition coefficient (Wildman–Crippen LogP) is 4.69. The van der Waals surface area contributed by atoms with Crippen LogP contribution in [0.5, 0.6) is 0 Å². The number of H-pyrrole nitrogens is 1. The number of fused-ring (bicyclic) bond motifs is 1. The van der Waals surface area contributed by atoms with Crippen molar-refractivity contribution < 1.29 is 13.6 Å². The number of nitrogens with one attached hydrogen (secondary N) is 2. The molecule has 7 nitrogen and oxygen atoms in total. The highest BCUT2D eigenvalue weighted by atomic mass is 19.3. The molecular weight excluding hydrogens is 438 g/mol. The summed E-state index contributed by atoms with van der Waals surface area (Å²) < 4.78 is 27.4. The number of aromatic amines is 1. The number of nitrogens with two attached hydrogens (primary N) is 1. The average molecular weight is 465 g/mol. The van der Waals surface area contributed by atoms with Gasteiger partial charge in [-0.1, -0.05) is 12.1 Å². The van der Waals surface area contributed by atoms with Crippen LogP contribution in [0.25, 0.3) is 22.2 Å². The zero-order valence-electron chi connectivity index (χ0n) is 18.8. The van der Waals surface area contributed by atoms with E-state index in [4.69, 9.17) is 5.73 Å². The number of carbonyl (C=O) groups is 1. The Kier molecular flexibility index (Phi) is 5.69. The maximum atomic E-state index is 12.9. The maximum Gasteiger partial charge on any atom is 0.263 e. The molecule has 9 heteroatoms. The Morgan fingerprint density at radius 3 is 2.71 bits per heavy atom. The molecule has 3 heterocycles.